The molecule has 0 unspecified atom stereocenters. The molecule has 0 spiro atoms. The number of rotatable bonds is 5. The number of pyridine rings is 1. The zero-order chi connectivity index (χ0) is 14.7. The molecule has 0 fully saturated rings. The highest BCUT2D eigenvalue weighted by Crippen LogP contribution is 2.26. The van der Waals surface area contributed by atoms with Crippen molar-refractivity contribution in [1.29, 1.82) is 0 Å². The average Bonchev–Trinajstić information content (AvgIpc) is 2.25. The normalized spacial score (nSPS) is 12.5. The van der Waals surface area contributed by atoms with E-state index in [9.17, 15) is 21.6 Å². The molecule has 108 valence electrons. The van der Waals surface area contributed by atoms with Crippen molar-refractivity contribution in [3.05, 3.63) is 18.3 Å². The first-order valence-corrected chi connectivity index (χ1v) is 8.19. The number of sulfone groups is 1. The van der Waals surface area contributed by atoms with Gasteiger partial charge in [0.15, 0.2) is 9.84 Å². The lowest BCUT2D eigenvalue weighted by Crippen LogP contribution is -2.37. The molecule has 0 amide bonds. The Bertz CT molecular complexity index is 534. The molecule has 1 rings (SSSR count). The molecule has 19 heavy (non-hydrogen) atoms. The molecular formula is C10H12BrF3N2O2S. The van der Waals surface area contributed by atoms with Gasteiger partial charge in [0.2, 0.25) is 0 Å². The highest BCUT2D eigenvalue weighted by Gasteiger charge is 2.32. The Morgan fingerprint density at radius 2 is 2.05 bits per heavy atom. The zero-order valence-electron chi connectivity index (χ0n) is 9.98. The molecule has 0 radical (unpaired) electrons. The highest BCUT2D eigenvalue weighted by atomic mass is 79.9. The molecule has 0 aliphatic carbocycles. The predicted octanol–water partition coefficient (Wildman–Crippen LogP) is 2.25. The van der Waals surface area contributed by atoms with Crippen molar-refractivity contribution in [1.82, 2.24) is 4.98 Å². The summed E-state index contributed by atoms with van der Waals surface area (Å²) in [6.07, 6.45) is -2.23. The standard InChI is InChI=1S/C10H12BrF3N2O2S/c1-19(17,18)8-3-2-5-15-9(8)16(6-4-11)7-10(12,13)14/h2-3,5H,4,6-7H2,1H3. The van der Waals surface area contributed by atoms with Crippen LogP contribution in [0.3, 0.4) is 0 Å². The minimum atomic E-state index is -4.44. The van der Waals surface area contributed by atoms with Gasteiger partial charge >= 0.3 is 6.18 Å². The highest BCUT2D eigenvalue weighted by molar-refractivity contribution is 9.09. The Labute approximate surface area is 117 Å². The first-order valence-electron chi connectivity index (χ1n) is 5.18. The Balaban J connectivity index is 3.23. The van der Waals surface area contributed by atoms with Gasteiger partial charge in [-0.2, -0.15) is 13.2 Å². The molecule has 1 heterocycles. The SMILES string of the molecule is CS(=O)(=O)c1cccnc1N(CCBr)CC(F)(F)F. The Kier molecular flexibility index (Phi) is 5.19. The van der Waals surface area contributed by atoms with Crippen LogP contribution < -0.4 is 4.90 Å². The van der Waals surface area contributed by atoms with Crippen LogP contribution >= 0.6 is 15.9 Å². The van der Waals surface area contributed by atoms with Crippen LogP contribution in [-0.4, -0.2) is 44.3 Å². The fourth-order valence-electron chi connectivity index (χ4n) is 1.49. The number of halogens is 4. The van der Waals surface area contributed by atoms with Gasteiger partial charge in [0.25, 0.3) is 0 Å². The summed E-state index contributed by atoms with van der Waals surface area (Å²) in [6, 6.07) is 2.62. The second-order valence-electron chi connectivity index (χ2n) is 3.82. The van der Waals surface area contributed by atoms with Gasteiger partial charge in [0, 0.05) is 24.3 Å². The first kappa shape index (κ1) is 16.2. The van der Waals surface area contributed by atoms with E-state index in [0.29, 0.717) is 0 Å². The molecule has 0 bridgehead atoms. The number of nitrogens with zero attached hydrogens (tertiary/aromatic N) is 2. The van der Waals surface area contributed by atoms with Crippen LogP contribution in [0, 0.1) is 0 Å². The van der Waals surface area contributed by atoms with Crippen LogP contribution in [0.25, 0.3) is 0 Å². The van der Waals surface area contributed by atoms with Crippen LogP contribution in [-0.2, 0) is 9.84 Å². The van der Waals surface area contributed by atoms with Crippen molar-refractivity contribution in [3.63, 3.8) is 0 Å². The number of aromatic nitrogens is 1. The van der Waals surface area contributed by atoms with E-state index in [1.807, 2.05) is 0 Å². The van der Waals surface area contributed by atoms with Crippen LogP contribution in [0.15, 0.2) is 23.2 Å². The van der Waals surface area contributed by atoms with Gasteiger partial charge in [-0.25, -0.2) is 13.4 Å². The van der Waals surface area contributed by atoms with Crippen LogP contribution in [0.4, 0.5) is 19.0 Å². The summed E-state index contributed by atoms with van der Waals surface area (Å²) in [7, 11) is -3.64. The third-order valence-electron chi connectivity index (χ3n) is 2.17. The Morgan fingerprint density at radius 1 is 1.42 bits per heavy atom. The van der Waals surface area contributed by atoms with Crippen molar-refractivity contribution in [2.45, 2.75) is 11.1 Å². The van der Waals surface area contributed by atoms with Gasteiger partial charge in [0.1, 0.15) is 17.3 Å². The van der Waals surface area contributed by atoms with Crippen LogP contribution in [0.5, 0.6) is 0 Å². The largest absolute Gasteiger partial charge is 0.405 e. The van der Waals surface area contributed by atoms with Crippen molar-refractivity contribution in [2.75, 3.05) is 29.6 Å². The van der Waals surface area contributed by atoms with Crippen LogP contribution in [0.1, 0.15) is 0 Å². The molecule has 0 N–H and O–H groups in total. The maximum Gasteiger partial charge on any atom is 0.405 e. The molecule has 0 aliphatic rings. The zero-order valence-corrected chi connectivity index (χ0v) is 12.4. The molecule has 0 saturated heterocycles. The van der Waals surface area contributed by atoms with E-state index in [1.54, 1.807) is 0 Å². The molecule has 0 atom stereocenters. The fourth-order valence-corrected chi connectivity index (χ4v) is 2.75. The monoisotopic (exact) mass is 360 g/mol. The third kappa shape index (κ3) is 4.98. The molecule has 1 aromatic rings. The van der Waals surface area contributed by atoms with Gasteiger partial charge in [-0.1, -0.05) is 15.9 Å². The van der Waals surface area contributed by atoms with E-state index in [-0.39, 0.29) is 22.6 Å². The van der Waals surface area contributed by atoms with Gasteiger partial charge in [-0.3, -0.25) is 0 Å². The topological polar surface area (TPSA) is 50.3 Å². The first-order chi connectivity index (χ1) is 8.65. The number of hydrogen-bond acceptors (Lipinski definition) is 4. The summed E-state index contributed by atoms with van der Waals surface area (Å²) in [5.41, 5.74) is 0. The van der Waals surface area contributed by atoms with Gasteiger partial charge in [-0.05, 0) is 12.1 Å². The summed E-state index contributed by atoms with van der Waals surface area (Å²) in [5.74, 6) is -0.179. The second kappa shape index (κ2) is 6.08. The van der Waals surface area contributed by atoms with E-state index in [1.165, 1.54) is 18.3 Å². The Morgan fingerprint density at radius 3 is 2.53 bits per heavy atom. The second-order valence-corrected chi connectivity index (χ2v) is 6.60. The molecule has 4 nitrogen and oxygen atoms in total. The average molecular weight is 361 g/mol. The lowest BCUT2D eigenvalue weighted by Gasteiger charge is -2.25. The maximum absolute atomic E-state index is 12.5. The van der Waals surface area contributed by atoms with E-state index < -0.39 is 22.6 Å². The lowest BCUT2D eigenvalue weighted by atomic mass is 10.4. The quantitative estimate of drug-likeness (QED) is 0.755. The van der Waals surface area contributed by atoms with Crippen molar-refractivity contribution in [3.8, 4) is 0 Å². The summed E-state index contributed by atoms with van der Waals surface area (Å²) in [4.78, 5) is 4.46. The molecular weight excluding hydrogens is 349 g/mol. The summed E-state index contributed by atoms with van der Waals surface area (Å²) >= 11 is 3.04. The van der Waals surface area contributed by atoms with E-state index in [2.05, 4.69) is 20.9 Å². The van der Waals surface area contributed by atoms with E-state index >= 15 is 0 Å². The van der Waals surface area contributed by atoms with Crippen molar-refractivity contribution < 1.29 is 21.6 Å². The number of hydrogen-bond donors (Lipinski definition) is 0. The molecule has 9 heteroatoms. The summed E-state index contributed by atoms with van der Waals surface area (Å²) in [5, 5.41) is 0.267. The Hall–Kier alpha value is -0.830. The van der Waals surface area contributed by atoms with Crippen LogP contribution in [0.2, 0.25) is 0 Å². The van der Waals surface area contributed by atoms with E-state index in [4.69, 9.17) is 0 Å². The van der Waals surface area contributed by atoms with Crippen molar-refractivity contribution in [2.24, 2.45) is 0 Å². The fraction of sp³-hybridized carbons (Fsp3) is 0.500. The third-order valence-corrected chi connectivity index (χ3v) is 3.65. The smallest absolute Gasteiger partial charge is 0.346 e. The number of anilines is 1. The minimum Gasteiger partial charge on any atom is -0.346 e. The minimum absolute atomic E-state index is 0.000949. The predicted molar refractivity (Wildman–Crippen MR) is 69.4 cm³/mol. The lowest BCUT2D eigenvalue weighted by molar-refractivity contribution is -0.119. The molecule has 0 aliphatic heterocycles. The molecule has 1 aromatic heterocycles. The number of alkyl halides is 4. The summed E-state index contributed by atoms with van der Waals surface area (Å²) in [6.45, 7) is -1.25. The molecule has 0 aromatic carbocycles. The van der Waals surface area contributed by atoms with Crippen molar-refractivity contribution >= 4 is 31.6 Å². The van der Waals surface area contributed by atoms with Gasteiger partial charge in [0.05, 0.1) is 0 Å². The van der Waals surface area contributed by atoms with Gasteiger partial charge < -0.3 is 4.90 Å². The van der Waals surface area contributed by atoms with E-state index in [0.717, 1.165) is 11.2 Å². The van der Waals surface area contributed by atoms with Gasteiger partial charge in [-0.15, -0.1) is 0 Å². The summed E-state index contributed by atoms with van der Waals surface area (Å²) < 4.78 is 60.7. The maximum atomic E-state index is 12.5. The molecule has 0 saturated carbocycles.